The van der Waals surface area contributed by atoms with Gasteiger partial charge in [-0.3, -0.25) is 0 Å². The van der Waals surface area contributed by atoms with Crippen LogP contribution in [0.5, 0.6) is 0 Å². The van der Waals surface area contributed by atoms with Crippen molar-refractivity contribution in [3.8, 4) is 0 Å². The normalized spacial score (nSPS) is 11.3. The van der Waals surface area contributed by atoms with Crippen LogP contribution in [0.2, 0.25) is 0 Å². The monoisotopic (exact) mass is 466 g/mol. The fraction of sp³-hybridized carbons (Fsp3) is 0.259. The van der Waals surface area contributed by atoms with Crippen molar-refractivity contribution in [1.82, 2.24) is 0 Å². The smallest absolute Gasteiger partial charge is 0.112 e. The highest BCUT2D eigenvalue weighted by atomic mass is 79.9. The summed E-state index contributed by atoms with van der Waals surface area (Å²) in [6.45, 7) is 2.27. The molecule has 0 aromatic heterocycles. The Morgan fingerprint density at radius 2 is 1.00 bits per heavy atom. The third-order valence-electron chi connectivity index (χ3n) is 5.36. The molecule has 0 N–H and O–H groups in total. The minimum absolute atomic E-state index is 0. The second-order valence-electron chi connectivity index (χ2n) is 7.30. The van der Waals surface area contributed by atoms with E-state index >= 15 is 0 Å². The van der Waals surface area contributed by atoms with E-state index in [1.54, 1.807) is 0 Å². The van der Waals surface area contributed by atoms with Gasteiger partial charge in [0.1, 0.15) is 23.2 Å². The van der Waals surface area contributed by atoms with Crippen molar-refractivity contribution in [3.05, 3.63) is 103 Å². The molecule has 0 nitrogen and oxygen atoms in total. The van der Waals surface area contributed by atoms with Crippen molar-refractivity contribution in [2.45, 2.75) is 39.0 Å². The molecule has 0 aliphatic carbocycles. The Labute approximate surface area is 188 Å². The Bertz CT molecular complexity index is 732. The van der Waals surface area contributed by atoms with Crippen LogP contribution >= 0.6 is 7.26 Å². The Morgan fingerprint density at radius 1 is 0.586 bits per heavy atom. The summed E-state index contributed by atoms with van der Waals surface area (Å²) >= 11 is 0. The molecule has 2 heteroatoms. The van der Waals surface area contributed by atoms with E-state index in [9.17, 15) is 0 Å². The van der Waals surface area contributed by atoms with Crippen molar-refractivity contribution in [3.63, 3.8) is 0 Å². The van der Waals surface area contributed by atoms with Gasteiger partial charge >= 0.3 is 0 Å². The molecule has 0 aliphatic heterocycles. The van der Waals surface area contributed by atoms with Crippen molar-refractivity contribution in [2.24, 2.45) is 0 Å². The van der Waals surface area contributed by atoms with Crippen LogP contribution in [0, 0.1) is 0 Å². The second kappa shape index (κ2) is 12.8. The van der Waals surface area contributed by atoms with Crippen molar-refractivity contribution < 1.29 is 17.0 Å². The molecule has 0 unspecified atom stereocenters. The van der Waals surface area contributed by atoms with Crippen molar-refractivity contribution >= 4 is 23.2 Å². The molecule has 3 rings (SSSR count). The van der Waals surface area contributed by atoms with Gasteiger partial charge in [0, 0.05) is 6.42 Å². The summed E-state index contributed by atoms with van der Waals surface area (Å²) < 4.78 is 0. The van der Waals surface area contributed by atoms with Gasteiger partial charge in [0.25, 0.3) is 0 Å². The van der Waals surface area contributed by atoms with E-state index in [-0.39, 0.29) is 17.0 Å². The summed E-state index contributed by atoms with van der Waals surface area (Å²) in [6.07, 6.45) is 12.3. The Hall–Kier alpha value is -1.69. The Kier molecular flexibility index (Phi) is 10.4. The van der Waals surface area contributed by atoms with Gasteiger partial charge in [-0.2, -0.15) is 0 Å². The maximum Gasteiger partial charge on any atom is 0.112 e. The highest BCUT2D eigenvalue weighted by molar-refractivity contribution is 7.95. The third kappa shape index (κ3) is 6.14. The molecule has 0 heterocycles. The number of unbranched alkanes of at least 4 members (excludes halogenated alkanes) is 3. The van der Waals surface area contributed by atoms with E-state index in [1.807, 2.05) is 0 Å². The van der Waals surface area contributed by atoms with Crippen molar-refractivity contribution in [1.29, 1.82) is 0 Å². The Morgan fingerprint density at radius 3 is 1.41 bits per heavy atom. The molecule has 0 spiro atoms. The van der Waals surface area contributed by atoms with Crippen LogP contribution in [0.25, 0.3) is 0 Å². The standard InChI is InChI=1S/C27H32P.BrH/c1-2-3-4-5-6-7-17-24-28(25-18-11-8-12-19-25,26-20-13-9-14-21-26)27-22-15-10-16-23-27;/h6-16,18-23H,2-5,17,24H2,1H3;1H/q+1;/p-1/b7-6-;. The lowest BCUT2D eigenvalue weighted by Crippen LogP contribution is -3.00. The fourth-order valence-electron chi connectivity index (χ4n) is 3.90. The molecule has 0 atom stereocenters. The van der Waals surface area contributed by atoms with Crippen molar-refractivity contribution in [2.75, 3.05) is 6.16 Å². The van der Waals surface area contributed by atoms with Gasteiger partial charge in [-0.1, -0.05) is 86.5 Å². The number of allylic oxidation sites excluding steroid dienone is 2. The number of halogens is 1. The SMILES string of the molecule is CCCCC/C=C\CC[P+](c1ccccc1)(c1ccccc1)c1ccccc1.[Br-]. The molecule has 3 aromatic carbocycles. The van der Waals surface area contributed by atoms with Gasteiger partial charge < -0.3 is 17.0 Å². The van der Waals surface area contributed by atoms with Crippen LogP contribution in [-0.4, -0.2) is 6.16 Å². The number of hydrogen-bond acceptors (Lipinski definition) is 0. The lowest BCUT2D eigenvalue weighted by Gasteiger charge is -2.27. The number of benzene rings is 3. The van der Waals surface area contributed by atoms with E-state index < -0.39 is 7.26 Å². The quantitative estimate of drug-likeness (QED) is 0.243. The van der Waals surface area contributed by atoms with Gasteiger partial charge in [0.15, 0.2) is 0 Å². The third-order valence-corrected chi connectivity index (χ3v) is 9.83. The first-order valence-electron chi connectivity index (χ1n) is 10.6. The molecule has 0 amide bonds. The lowest BCUT2D eigenvalue weighted by atomic mass is 10.2. The van der Waals surface area contributed by atoms with Crippen LogP contribution in [-0.2, 0) is 0 Å². The average molecular weight is 467 g/mol. The average Bonchev–Trinajstić information content (AvgIpc) is 2.78. The molecular formula is C27H32BrP. The van der Waals surface area contributed by atoms with Gasteiger partial charge in [-0.15, -0.1) is 0 Å². The topological polar surface area (TPSA) is 0 Å². The van der Waals surface area contributed by atoms with Gasteiger partial charge in [-0.25, -0.2) is 0 Å². The first-order valence-corrected chi connectivity index (χ1v) is 12.6. The van der Waals surface area contributed by atoms with Crippen LogP contribution in [0.4, 0.5) is 0 Å². The molecule has 152 valence electrons. The van der Waals surface area contributed by atoms with Crippen LogP contribution in [0.1, 0.15) is 39.0 Å². The zero-order chi connectivity index (χ0) is 19.5. The zero-order valence-electron chi connectivity index (χ0n) is 17.4. The number of hydrogen-bond donors (Lipinski definition) is 0. The van der Waals surface area contributed by atoms with E-state index in [0.717, 1.165) is 6.42 Å². The van der Waals surface area contributed by atoms with E-state index in [4.69, 9.17) is 0 Å². The first-order chi connectivity index (χ1) is 13.9. The molecule has 0 saturated heterocycles. The van der Waals surface area contributed by atoms with E-state index in [0.29, 0.717) is 0 Å². The number of rotatable bonds is 10. The fourth-order valence-corrected chi connectivity index (χ4v) is 8.15. The molecular weight excluding hydrogens is 435 g/mol. The van der Waals surface area contributed by atoms with Gasteiger partial charge in [-0.05, 0) is 49.2 Å². The first kappa shape index (κ1) is 23.6. The highest BCUT2D eigenvalue weighted by Crippen LogP contribution is 2.55. The molecule has 3 aromatic rings. The van der Waals surface area contributed by atoms with Gasteiger partial charge in [0.05, 0.1) is 6.16 Å². The minimum Gasteiger partial charge on any atom is -1.00 e. The predicted octanol–water partition coefficient (Wildman–Crippen LogP) is 3.51. The Balaban J connectivity index is 0.00000300. The summed E-state index contributed by atoms with van der Waals surface area (Å²) in [7, 11) is -1.67. The largest absolute Gasteiger partial charge is 1.00 e. The minimum atomic E-state index is -1.67. The van der Waals surface area contributed by atoms with E-state index in [1.165, 1.54) is 47.8 Å². The summed E-state index contributed by atoms with van der Waals surface area (Å²) in [4.78, 5) is 0. The molecule has 0 saturated carbocycles. The van der Waals surface area contributed by atoms with Crippen LogP contribution in [0.15, 0.2) is 103 Å². The molecule has 0 aliphatic rings. The zero-order valence-corrected chi connectivity index (χ0v) is 19.9. The summed E-state index contributed by atoms with van der Waals surface area (Å²) in [5.74, 6) is 0. The molecule has 0 radical (unpaired) electrons. The summed E-state index contributed by atoms with van der Waals surface area (Å²) in [5.41, 5.74) is 0. The molecule has 0 bridgehead atoms. The lowest BCUT2D eigenvalue weighted by molar-refractivity contribution is -0.00000559. The van der Waals surface area contributed by atoms with Gasteiger partial charge in [0.2, 0.25) is 0 Å². The van der Waals surface area contributed by atoms with Crippen LogP contribution < -0.4 is 32.9 Å². The predicted molar refractivity (Wildman–Crippen MR) is 128 cm³/mol. The second-order valence-corrected chi connectivity index (χ2v) is 10.9. The highest BCUT2D eigenvalue weighted by Gasteiger charge is 2.44. The summed E-state index contributed by atoms with van der Waals surface area (Å²) in [5, 5.41) is 4.44. The summed E-state index contributed by atoms with van der Waals surface area (Å²) in [6, 6.07) is 33.5. The van der Waals surface area contributed by atoms with E-state index in [2.05, 4.69) is 110 Å². The van der Waals surface area contributed by atoms with Crippen LogP contribution in [0.3, 0.4) is 0 Å². The molecule has 0 fully saturated rings. The maximum atomic E-state index is 2.42. The maximum absolute atomic E-state index is 2.42. The molecule has 29 heavy (non-hydrogen) atoms.